The molecule has 0 fully saturated rings. The van der Waals surface area contributed by atoms with Gasteiger partial charge in [-0.25, -0.2) is 0 Å². The summed E-state index contributed by atoms with van der Waals surface area (Å²) in [6.45, 7) is -0.534. The first kappa shape index (κ1) is 7.39. The number of hydrogen-bond acceptors (Lipinski definition) is 4. The molecule has 0 aromatic rings. The smallest absolute Gasteiger partial charge is 0.0822 e. The molecule has 0 aromatic carbocycles. The van der Waals surface area contributed by atoms with Crippen LogP contribution >= 0.6 is 0 Å². The summed E-state index contributed by atoms with van der Waals surface area (Å²) in [6.07, 6.45) is -1.68. The number of aliphatic hydroxyl groups is 2. The standard InChI is InChI=1S/C4H8O4/c5-2-3(6)1-4(7)8/h3,5-6H,1-2H2,(H,7,8)/p-1. The van der Waals surface area contributed by atoms with E-state index in [9.17, 15) is 9.90 Å². The molecule has 0 radical (unpaired) electrons. The molecule has 0 saturated carbocycles. The van der Waals surface area contributed by atoms with Crippen molar-refractivity contribution in [2.75, 3.05) is 6.61 Å². The van der Waals surface area contributed by atoms with Gasteiger partial charge in [-0.15, -0.1) is 0 Å². The van der Waals surface area contributed by atoms with Crippen LogP contribution in [0.1, 0.15) is 6.42 Å². The van der Waals surface area contributed by atoms with Crippen molar-refractivity contribution in [1.82, 2.24) is 0 Å². The third kappa shape index (κ3) is 3.58. The molecule has 4 nitrogen and oxygen atoms in total. The first-order valence-corrected chi connectivity index (χ1v) is 2.15. The minimum Gasteiger partial charge on any atom is -0.550 e. The molecule has 0 bridgehead atoms. The fourth-order valence-electron chi connectivity index (χ4n) is 0.257. The fraction of sp³-hybridized carbons (Fsp3) is 0.750. The van der Waals surface area contributed by atoms with Crippen LogP contribution in [0.3, 0.4) is 0 Å². The highest BCUT2D eigenvalue weighted by molar-refractivity contribution is 5.64. The van der Waals surface area contributed by atoms with Crippen molar-refractivity contribution in [2.24, 2.45) is 0 Å². The van der Waals surface area contributed by atoms with E-state index in [4.69, 9.17) is 10.2 Å². The molecule has 1 atom stereocenters. The van der Waals surface area contributed by atoms with E-state index < -0.39 is 25.1 Å². The van der Waals surface area contributed by atoms with Crippen LogP contribution in [0.2, 0.25) is 0 Å². The Morgan fingerprint density at radius 1 is 1.75 bits per heavy atom. The van der Waals surface area contributed by atoms with Crippen LogP contribution in [0.25, 0.3) is 0 Å². The van der Waals surface area contributed by atoms with Crippen LogP contribution in [-0.4, -0.2) is 28.9 Å². The van der Waals surface area contributed by atoms with Gasteiger partial charge in [-0.1, -0.05) is 0 Å². The Kier molecular flexibility index (Phi) is 3.14. The topological polar surface area (TPSA) is 80.6 Å². The third-order valence-electron chi connectivity index (χ3n) is 0.613. The van der Waals surface area contributed by atoms with Crippen molar-refractivity contribution >= 4 is 5.97 Å². The predicted molar refractivity (Wildman–Crippen MR) is 22.7 cm³/mol. The highest BCUT2D eigenvalue weighted by atomic mass is 16.4. The third-order valence-corrected chi connectivity index (χ3v) is 0.613. The molecule has 0 spiro atoms. The molecule has 2 N–H and O–H groups in total. The zero-order valence-electron chi connectivity index (χ0n) is 4.20. The average Bonchev–Trinajstić information content (AvgIpc) is 1.65. The van der Waals surface area contributed by atoms with Gasteiger partial charge >= 0.3 is 0 Å². The van der Waals surface area contributed by atoms with Gasteiger partial charge in [0.1, 0.15) is 0 Å². The molecular formula is C4H7O4-. The maximum absolute atomic E-state index is 9.59. The zero-order valence-corrected chi connectivity index (χ0v) is 4.20. The Hall–Kier alpha value is -0.610. The van der Waals surface area contributed by atoms with Gasteiger partial charge in [0.15, 0.2) is 0 Å². The number of hydrogen-bond donors (Lipinski definition) is 2. The molecule has 0 aliphatic carbocycles. The second-order valence-electron chi connectivity index (χ2n) is 1.41. The summed E-state index contributed by atoms with van der Waals surface area (Å²) in [5.74, 6) is -1.36. The molecule has 0 saturated heterocycles. The molecule has 4 heteroatoms. The lowest BCUT2D eigenvalue weighted by atomic mass is 10.3. The summed E-state index contributed by atoms with van der Waals surface area (Å²) < 4.78 is 0. The van der Waals surface area contributed by atoms with Gasteiger partial charge in [0, 0.05) is 12.4 Å². The Balaban J connectivity index is 3.24. The minimum atomic E-state index is -1.36. The summed E-state index contributed by atoms with van der Waals surface area (Å²) >= 11 is 0. The van der Waals surface area contributed by atoms with Crippen molar-refractivity contribution < 1.29 is 20.1 Å². The van der Waals surface area contributed by atoms with E-state index in [1.54, 1.807) is 0 Å². The quantitative estimate of drug-likeness (QED) is 0.429. The lowest BCUT2D eigenvalue weighted by molar-refractivity contribution is -0.307. The number of carboxylic acids is 1. The number of aliphatic carboxylic acids is 1. The highest BCUT2D eigenvalue weighted by Crippen LogP contribution is 1.85. The molecule has 0 aliphatic heterocycles. The summed E-state index contributed by atoms with van der Waals surface area (Å²) in [4.78, 5) is 9.59. The van der Waals surface area contributed by atoms with Gasteiger partial charge in [-0.05, 0) is 0 Å². The SMILES string of the molecule is O=C([O-])CC(O)CO. The predicted octanol–water partition coefficient (Wildman–Crippen LogP) is -2.52. The summed E-state index contributed by atoms with van der Waals surface area (Å²) in [5.41, 5.74) is 0. The van der Waals surface area contributed by atoms with Crippen molar-refractivity contribution in [1.29, 1.82) is 0 Å². The number of carboxylic acid groups (broad SMARTS) is 1. The highest BCUT2D eigenvalue weighted by Gasteiger charge is 1.99. The van der Waals surface area contributed by atoms with Crippen LogP contribution in [0.5, 0.6) is 0 Å². The van der Waals surface area contributed by atoms with Gasteiger partial charge in [-0.3, -0.25) is 0 Å². The van der Waals surface area contributed by atoms with E-state index in [0.717, 1.165) is 0 Å². The Morgan fingerprint density at radius 2 is 2.25 bits per heavy atom. The Labute approximate surface area is 46.4 Å². The van der Waals surface area contributed by atoms with E-state index in [1.807, 2.05) is 0 Å². The van der Waals surface area contributed by atoms with Gasteiger partial charge in [0.25, 0.3) is 0 Å². The van der Waals surface area contributed by atoms with E-state index >= 15 is 0 Å². The summed E-state index contributed by atoms with van der Waals surface area (Å²) in [5, 5.41) is 26.0. The van der Waals surface area contributed by atoms with E-state index in [-0.39, 0.29) is 0 Å². The lowest BCUT2D eigenvalue weighted by Gasteiger charge is -2.05. The largest absolute Gasteiger partial charge is 0.550 e. The van der Waals surface area contributed by atoms with Crippen LogP contribution in [0, 0.1) is 0 Å². The molecule has 0 aromatic heterocycles. The number of carbonyl (C=O) groups excluding carboxylic acids is 1. The monoisotopic (exact) mass is 119 g/mol. The summed E-state index contributed by atoms with van der Waals surface area (Å²) in [7, 11) is 0. The normalized spacial score (nSPS) is 13.2. The van der Waals surface area contributed by atoms with Gasteiger partial charge < -0.3 is 20.1 Å². The van der Waals surface area contributed by atoms with Crippen molar-refractivity contribution in [3.63, 3.8) is 0 Å². The van der Waals surface area contributed by atoms with Crippen LogP contribution < -0.4 is 5.11 Å². The number of aliphatic hydroxyl groups excluding tert-OH is 2. The van der Waals surface area contributed by atoms with Gasteiger partial charge in [-0.2, -0.15) is 0 Å². The molecule has 1 unspecified atom stereocenters. The molecular weight excluding hydrogens is 112 g/mol. The Morgan fingerprint density at radius 3 is 2.38 bits per heavy atom. The molecule has 0 aliphatic rings. The van der Waals surface area contributed by atoms with Crippen molar-refractivity contribution in [3.05, 3.63) is 0 Å². The first-order chi connectivity index (χ1) is 3.66. The van der Waals surface area contributed by atoms with Crippen LogP contribution in [0.4, 0.5) is 0 Å². The Bertz CT molecular complexity index is 80.1. The zero-order chi connectivity index (χ0) is 6.57. The first-order valence-electron chi connectivity index (χ1n) is 2.15. The van der Waals surface area contributed by atoms with E-state index in [2.05, 4.69) is 0 Å². The van der Waals surface area contributed by atoms with Crippen molar-refractivity contribution in [2.45, 2.75) is 12.5 Å². The average molecular weight is 119 g/mol. The molecule has 0 heterocycles. The van der Waals surface area contributed by atoms with E-state index in [1.165, 1.54) is 0 Å². The second-order valence-corrected chi connectivity index (χ2v) is 1.41. The minimum absolute atomic E-state index is 0.503. The number of rotatable bonds is 3. The molecule has 8 heavy (non-hydrogen) atoms. The van der Waals surface area contributed by atoms with Crippen LogP contribution in [0.15, 0.2) is 0 Å². The van der Waals surface area contributed by atoms with Crippen molar-refractivity contribution in [3.8, 4) is 0 Å². The second kappa shape index (κ2) is 3.40. The number of carbonyl (C=O) groups is 1. The van der Waals surface area contributed by atoms with Gasteiger partial charge in [0.05, 0.1) is 12.7 Å². The maximum Gasteiger partial charge on any atom is 0.0822 e. The maximum atomic E-state index is 9.59. The molecule has 0 amide bonds. The lowest BCUT2D eigenvalue weighted by Crippen LogP contribution is -2.28. The van der Waals surface area contributed by atoms with Crippen LogP contribution in [-0.2, 0) is 4.79 Å². The van der Waals surface area contributed by atoms with E-state index in [0.29, 0.717) is 0 Å². The van der Waals surface area contributed by atoms with Gasteiger partial charge in [0.2, 0.25) is 0 Å². The molecule has 48 valence electrons. The molecule has 0 rings (SSSR count). The summed E-state index contributed by atoms with van der Waals surface area (Å²) in [6, 6.07) is 0. The fourth-order valence-corrected chi connectivity index (χ4v) is 0.257.